The third kappa shape index (κ3) is 38.3. The quantitative estimate of drug-likeness (QED) is 0.144. The molecule has 2 atom stereocenters. The molecule has 7 aliphatic heterocycles. The Balaban J connectivity index is 0.000000317. The van der Waals surface area contributed by atoms with Crippen molar-refractivity contribution in [2.75, 3.05) is 52.9 Å². The fraction of sp³-hybridized carbons (Fsp3) is 0.536. The molecule has 18 rings (SSSR count). The Morgan fingerprint density at radius 1 is 0.197 bits per heavy atom. The van der Waals surface area contributed by atoms with Crippen molar-refractivity contribution in [3.63, 3.8) is 0 Å². The summed E-state index contributed by atoms with van der Waals surface area (Å²) >= 11 is 0. The van der Waals surface area contributed by atoms with Crippen LogP contribution in [0.4, 0.5) is 0 Å². The lowest BCUT2D eigenvalue weighted by molar-refractivity contribution is 0.104. The minimum absolute atomic E-state index is 0.146. The molecule has 758 valence electrons. The first-order valence-corrected chi connectivity index (χ1v) is 51.7. The van der Waals surface area contributed by atoms with Crippen LogP contribution in [0.15, 0.2) is 197 Å². The first-order chi connectivity index (χ1) is 64.4. The molecule has 0 radical (unpaired) electrons. The van der Waals surface area contributed by atoms with Gasteiger partial charge in [0.2, 0.25) is 0 Å². The molecule has 0 N–H and O–H groups in total. The van der Waals surface area contributed by atoms with E-state index in [-0.39, 0.29) is 60.9 Å². The topological polar surface area (TPSA) is 119 Å². The van der Waals surface area contributed by atoms with Gasteiger partial charge in [-0.3, -0.25) is 0 Å². The predicted octanol–water partition coefficient (Wildman–Crippen LogP) is 35.5. The van der Waals surface area contributed by atoms with E-state index >= 15 is 0 Å². The van der Waals surface area contributed by atoms with Crippen molar-refractivity contribution < 1.29 is 56.2 Å². The van der Waals surface area contributed by atoms with Crippen LogP contribution in [-0.4, -0.2) is 65.1 Å². The number of aryl methyl sites for hydroxylation is 2. The van der Waals surface area contributed by atoms with Crippen LogP contribution < -0.4 is 47.4 Å². The lowest BCUT2D eigenvalue weighted by Crippen LogP contribution is -2.26. The van der Waals surface area contributed by atoms with Gasteiger partial charge in [0.15, 0.2) is 34.5 Å². The van der Waals surface area contributed by atoms with Crippen molar-refractivity contribution in [3.8, 4) is 57.5 Å². The van der Waals surface area contributed by atoms with Crippen molar-refractivity contribution in [3.05, 3.63) is 261 Å². The molecule has 0 saturated carbocycles. The average Bonchev–Trinajstić information content (AvgIpc) is 1.65. The van der Waals surface area contributed by atoms with Crippen molar-refractivity contribution in [2.45, 2.75) is 390 Å². The van der Waals surface area contributed by atoms with Crippen LogP contribution in [-0.2, 0) is 74.4 Å². The molecule has 12 nitrogen and oxygen atoms in total. The highest BCUT2D eigenvalue weighted by Crippen LogP contribution is 2.42. The summed E-state index contributed by atoms with van der Waals surface area (Å²) in [6, 6.07) is 61.8. The van der Waals surface area contributed by atoms with Crippen LogP contribution in [0, 0.1) is 0 Å². The minimum atomic E-state index is 0.146. The van der Waals surface area contributed by atoms with E-state index in [4.69, 9.17) is 56.2 Å². The molecule has 0 bridgehead atoms. The highest BCUT2D eigenvalue weighted by molar-refractivity contribution is 5.79. The zero-order valence-electron chi connectivity index (χ0n) is 93.6. The first kappa shape index (κ1) is 119. The molecule has 0 fully saturated rings. The standard InChI is InChI=1S/3C13H18O2.2C13H18O.C12H16O.C12H14O.C12H16O.C12H14O.6C2H6/c1-9-8-14-12-7-10(13(2,3)4)5-6-11(12)15-9;1-9-8-14-11-6-5-10(13(2,3)4)7-12(11)15-9;1-13(2,3)10-5-6-11-12(9-10)15-8-4-7-14-11;1-13(2,3)11-6-7-12-10(9-11)5-4-8-14-12;1-13(2,3)11-7-6-10-5-4-8-14-12(10)9-11;2*1-12(2,3)10-4-5-11-9(8-10)6-7-13-11;2*1-12(2,3)10-5-4-9-6-7-13-11(9)8-10;6*1-2/h2*5-7,9H,8H2,1-4H3;5-6,9H,4,7-8H2,1-3H3;2*6-7,9H,4-5,8H2,1-3H3;4-5,8H,6-7H2,1-3H3;4-8H,1-3H3;4-5,8H,6-7H2,1-3H3;4-8H,1-3H3;6*1-2H3. The third-order valence-electron chi connectivity index (χ3n) is 23.2. The Morgan fingerprint density at radius 2 is 0.467 bits per heavy atom. The van der Waals surface area contributed by atoms with E-state index in [1.807, 2.05) is 133 Å². The molecule has 137 heavy (non-hydrogen) atoms. The van der Waals surface area contributed by atoms with Gasteiger partial charge < -0.3 is 56.2 Å². The van der Waals surface area contributed by atoms with Gasteiger partial charge in [-0.15, -0.1) is 0 Å². The zero-order valence-corrected chi connectivity index (χ0v) is 93.6. The van der Waals surface area contributed by atoms with E-state index in [0.29, 0.717) is 13.2 Å². The van der Waals surface area contributed by atoms with Gasteiger partial charge in [-0.2, -0.15) is 0 Å². The molecule has 2 aromatic heterocycles. The molecule has 0 amide bonds. The number of furan rings is 2. The van der Waals surface area contributed by atoms with Gasteiger partial charge in [0.05, 0.1) is 52.2 Å². The van der Waals surface area contributed by atoms with E-state index in [2.05, 4.69) is 326 Å². The fourth-order valence-electron chi connectivity index (χ4n) is 14.7. The Hall–Kier alpha value is -9.94. The number of rotatable bonds is 0. The number of hydrogen-bond donors (Lipinski definition) is 0. The fourth-order valence-corrected chi connectivity index (χ4v) is 14.7. The Morgan fingerprint density at radius 3 is 0.920 bits per heavy atom. The summed E-state index contributed by atoms with van der Waals surface area (Å²) in [6.45, 7) is 94.2. The minimum Gasteiger partial charge on any atom is -0.493 e. The average molecular weight is 1880 g/mol. The summed E-state index contributed by atoms with van der Waals surface area (Å²) in [6.07, 6.45) is 11.5. The molecular weight excluding hydrogens is 1690 g/mol. The van der Waals surface area contributed by atoms with Crippen LogP contribution in [0.2, 0.25) is 0 Å². The Bertz CT molecular complexity index is 5070. The van der Waals surface area contributed by atoms with Crippen molar-refractivity contribution in [1.82, 2.24) is 0 Å². The summed E-state index contributed by atoms with van der Waals surface area (Å²) in [7, 11) is 0. The molecular formula is C125H186O12. The maximum atomic E-state index is 5.74. The maximum absolute atomic E-state index is 5.74. The second-order valence-electron chi connectivity index (χ2n) is 43.5. The van der Waals surface area contributed by atoms with Gasteiger partial charge in [0.1, 0.15) is 59.6 Å². The summed E-state index contributed by atoms with van der Waals surface area (Å²) in [5, 5.41) is 2.36. The molecule has 7 aliphatic rings. The largest absolute Gasteiger partial charge is 0.493 e. The molecule has 9 heterocycles. The van der Waals surface area contributed by atoms with E-state index in [9.17, 15) is 0 Å². The number of hydrogen-bond acceptors (Lipinski definition) is 12. The molecule has 0 aliphatic carbocycles. The van der Waals surface area contributed by atoms with Gasteiger partial charge in [-0.25, -0.2) is 0 Å². The normalized spacial score (nSPS) is 14.9. The van der Waals surface area contributed by atoms with Crippen molar-refractivity contribution >= 4 is 21.9 Å². The van der Waals surface area contributed by atoms with Crippen LogP contribution in [0.25, 0.3) is 21.9 Å². The van der Waals surface area contributed by atoms with Gasteiger partial charge in [-0.1, -0.05) is 355 Å². The highest BCUT2D eigenvalue weighted by atomic mass is 16.6. The van der Waals surface area contributed by atoms with Gasteiger partial charge in [-0.05, 0) is 252 Å². The second kappa shape index (κ2) is 55.2. The second-order valence-corrected chi connectivity index (χ2v) is 43.5. The molecule has 9 aromatic carbocycles. The Labute approximate surface area is 833 Å². The summed E-state index contributed by atoms with van der Waals surface area (Å²) in [4.78, 5) is 0. The maximum Gasteiger partial charge on any atom is 0.162 e. The lowest BCUT2D eigenvalue weighted by Gasteiger charge is -2.26. The SMILES string of the molecule is CC.CC.CC.CC.CC.CC.CC(C)(C)c1ccc2c(c1)CCCO2.CC(C)(C)c1ccc2c(c1)CCO2.CC(C)(C)c1ccc2c(c1)OCC2.CC(C)(C)c1ccc2c(c1)OCCC2.CC(C)(C)c1ccc2c(c1)OCCCO2.CC(C)(C)c1ccc2ccoc2c1.CC(C)(C)c1ccc2occc2c1.CC1COc2cc(C(C)(C)C)ccc2O1.CC1COc2ccc(C(C)(C)C)cc2O1. The number of fused-ring (bicyclic) bond motifs is 9. The van der Waals surface area contributed by atoms with Crippen molar-refractivity contribution in [1.29, 1.82) is 0 Å². The highest BCUT2D eigenvalue weighted by Gasteiger charge is 2.28. The van der Waals surface area contributed by atoms with Gasteiger partial charge in [0.25, 0.3) is 0 Å². The molecule has 11 aromatic rings. The molecule has 0 spiro atoms. The zero-order chi connectivity index (χ0) is 103. The molecule has 0 saturated heterocycles. The summed E-state index contributed by atoms with van der Waals surface area (Å²) in [5.41, 5.74) is 21.2. The van der Waals surface area contributed by atoms with E-state index in [1.165, 1.54) is 95.9 Å². The van der Waals surface area contributed by atoms with E-state index in [1.54, 1.807) is 12.5 Å². The summed E-state index contributed by atoms with van der Waals surface area (Å²) < 4.78 is 66.8. The van der Waals surface area contributed by atoms with Crippen LogP contribution in [0.3, 0.4) is 0 Å². The van der Waals surface area contributed by atoms with Crippen molar-refractivity contribution in [2.24, 2.45) is 0 Å². The predicted molar refractivity (Wildman–Crippen MR) is 587 cm³/mol. The van der Waals surface area contributed by atoms with Crippen LogP contribution in [0.1, 0.15) is 375 Å². The van der Waals surface area contributed by atoms with Gasteiger partial charge >= 0.3 is 0 Å². The van der Waals surface area contributed by atoms with Crippen LogP contribution in [0.5, 0.6) is 57.5 Å². The number of benzene rings is 9. The van der Waals surface area contributed by atoms with E-state index < -0.39 is 0 Å². The Kier molecular flexibility index (Phi) is 48.1. The third-order valence-corrected chi connectivity index (χ3v) is 23.2. The van der Waals surface area contributed by atoms with Crippen LogP contribution >= 0.6 is 0 Å². The first-order valence-electron chi connectivity index (χ1n) is 51.7. The molecule has 12 heteroatoms. The van der Waals surface area contributed by atoms with E-state index in [0.717, 1.165) is 140 Å². The lowest BCUT2D eigenvalue weighted by atomic mass is 9.85. The monoisotopic (exact) mass is 1880 g/mol. The number of ether oxygens (including phenoxy) is 10. The smallest absolute Gasteiger partial charge is 0.162 e. The summed E-state index contributed by atoms with van der Waals surface area (Å²) in [5.74, 6) is 9.60. The van der Waals surface area contributed by atoms with Gasteiger partial charge in [0, 0.05) is 30.0 Å². The molecule has 2 unspecified atom stereocenters.